The molecule has 2 rings (SSSR count). The number of rotatable bonds is 11. The Hall–Kier alpha value is -3.33. The first-order valence-corrected chi connectivity index (χ1v) is 11.8. The normalized spacial score (nSPS) is 11.4. The van der Waals surface area contributed by atoms with E-state index in [2.05, 4.69) is 17.1 Å². The van der Waals surface area contributed by atoms with Gasteiger partial charge in [-0.15, -0.1) is 0 Å². The molecule has 0 atom stereocenters. The molecule has 0 saturated carbocycles. The molecular formula is C23H29N3O5S. The quantitative estimate of drug-likeness (QED) is 0.316. The van der Waals surface area contributed by atoms with Crippen LogP contribution >= 0.6 is 0 Å². The van der Waals surface area contributed by atoms with Crippen molar-refractivity contribution < 1.29 is 22.7 Å². The Bertz CT molecular complexity index is 1060. The van der Waals surface area contributed by atoms with Gasteiger partial charge in [0.2, 0.25) is 10.0 Å². The molecule has 1 N–H and O–H groups in total. The largest absolute Gasteiger partial charge is 0.493 e. The maximum Gasteiger partial charge on any atom is 0.260 e. The molecule has 0 aliphatic carbocycles. The van der Waals surface area contributed by atoms with Crippen LogP contribution in [-0.4, -0.2) is 47.1 Å². The summed E-state index contributed by atoms with van der Waals surface area (Å²) >= 11 is 0. The number of carbonyl (C=O) groups is 1. The second-order valence-corrected chi connectivity index (χ2v) is 9.23. The van der Waals surface area contributed by atoms with Gasteiger partial charge in [-0.3, -0.25) is 9.10 Å². The molecule has 8 nitrogen and oxygen atoms in total. The van der Waals surface area contributed by atoms with E-state index in [1.165, 1.54) is 13.3 Å². The number of hydrogen-bond acceptors (Lipinski definition) is 6. The van der Waals surface area contributed by atoms with Crippen molar-refractivity contribution in [1.29, 1.82) is 0 Å². The Labute approximate surface area is 189 Å². The zero-order chi connectivity index (χ0) is 23.7. The molecule has 0 heterocycles. The zero-order valence-electron chi connectivity index (χ0n) is 18.7. The average molecular weight is 460 g/mol. The van der Waals surface area contributed by atoms with Gasteiger partial charge in [0.25, 0.3) is 5.91 Å². The molecule has 0 fully saturated rings. The van der Waals surface area contributed by atoms with E-state index in [1.54, 1.807) is 36.4 Å². The number of hydrazone groups is 1. The summed E-state index contributed by atoms with van der Waals surface area (Å²) in [5.74, 6) is 0.809. The van der Waals surface area contributed by atoms with Gasteiger partial charge in [-0.1, -0.05) is 38.6 Å². The Balaban J connectivity index is 2.07. The van der Waals surface area contributed by atoms with E-state index < -0.39 is 22.5 Å². The number of amides is 1. The van der Waals surface area contributed by atoms with E-state index in [0.29, 0.717) is 35.3 Å². The molecule has 0 unspecified atom stereocenters. The van der Waals surface area contributed by atoms with Crippen molar-refractivity contribution in [2.75, 3.05) is 30.8 Å². The third-order valence-corrected chi connectivity index (χ3v) is 5.62. The van der Waals surface area contributed by atoms with Crippen molar-refractivity contribution in [2.45, 2.75) is 19.8 Å². The SMILES string of the molecule is C=CCOc1ccc(/C=N\NC(=O)CN(c2ccc(C(C)C)cc2)S(C)(=O)=O)cc1OC. The molecule has 2 aromatic rings. The number of anilines is 1. The summed E-state index contributed by atoms with van der Waals surface area (Å²) < 4.78 is 36.3. The number of benzene rings is 2. The number of ether oxygens (including phenoxy) is 2. The van der Waals surface area contributed by atoms with E-state index >= 15 is 0 Å². The third kappa shape index (κ3) is 7.12. The van der Waals surface area contributed by atoms with Gasteiger partial charge in [-0.2, -0.15) is 5.10 Å². The van der Waals surface area contributed by atoms with Crippen molar-refractivity contribution in [3.63, 3.8) is 0 Å². The highest BCUT2D eigenvalue weighted by molar-refractivity contribution is 7.92. The van der Waals surface area contributed by atoms with E-state index in [4.69, 9.17) is 9.47 Å². The first kappa shape index (κ1) is 24.9. The van der Waals surface area contributed by atoms with Gasteiger partial charge in [-0.05, 0) is 47.4 Å². The predicted molar refractivity (Wildman–Crippen MR) is 127 cm³/mol. The second-order valence-electron chi connectivity index (χ2n) is 7.32. The zero-order valence-corrected chi connectivity index (χ0v) is 19.6. The first-order chi connectivity index (χ1) is 15.2. The van der Waals surface area contributed by atoms with Crippen LogP contribution < -0.4 is 19.2 Å². The summed E-state index contributed by atoms with van der Waals surface area (Å²) in [5.41, 5.74) is 4.51. The summed E-state index contributed by atoms with van der Waals surface area (Å²) in [6.45, 7) is 7.65. The van der Waals surface area contributed by atoms with Crippen LogP contribution in [-0.2, 0) is 14.8 Å². The molecule has 0 aliphatic rings. The van der Waals surface area contributed by atoms with Gasteiger partial charge < -0.3 is 9.47 Å². The molecule has 32 heavy (non-hydrogen) atoms. The first-order valence-electron chi connectivity index (χ1n) is 9.97. The number of nitrogens with one attached hydrogen (secondary N) is 1. The van der Waals surface area contributed by atoms with Crippen molar-refractivity contribution in [1.82, 2.24) is 5.43 Å². The van der Waals surface area contributed by atoms with E-state index in [-0.39, 0.29) is 0 Å². The lowest BCUT2D eigenvalue weighted by molar-refractivity contribution is -0.119. The number of hydrogen-bond donors (Lipinski definition) is 1. The fourth-order valence-corrected chi connectivity index (χ4v) is 3.66. The number of sulfonamides is 1. The molecule has 0 radical (unpaired) electrons. The van der Waals surface area contributed by atoms with E-state index in [9.17, 15) is 13.2 Å². The molecule has 0 aliphatic heterocycles. The molecule has 0 saturated heterocycles. The Kier molecular flexibility index (Phi) is 8.83. The van der Waals surface area contributed by atoms with Crippen molar-refractivity contribution >= 4 is 27.8 Å². The van der Waals surface area contributed by atoms with Gasteiger partial charge >= 0.3 is 0 Å². The van der Waals surface area contributed by atoms with Crippen LogP contribution in [0, 0.1) is 0 Å². The molecule has 172 valence electrons. The maximum absolute atomic E-state index is 12.3. The molecule has 0 spiro atoms. The standard InChI is InChI=1S/C23H29N3O5S/c1-6-13-31-21-12-7-18(14-22(21)30-4)15-24-25-23(27)16-26(32(5,28)29)20-10-8-19(9-11-20)17(2)3/h6-12,14-15,17H,1,13,16H2,2-5H3,(H,25,27)/b24-15-. The maximum atomic E-state index is 12.3. The van der Waals surface area contributed by atoms with Crippen LogP contribution in [0.15, 0.2) is 60.2 Å². The minimum Gasteiger partial charge on any atom is -0.493 e. The fourth-order valence-electron chi connectivity index (χ4n) is 2.80. The monoisotopic (exact) mass is 459 g/mol. The summed E-state index contributed by atoms with van der Waals surface area (Å²) in [4.78, 5) is 12.3. The summed E-state index contributed by atoms with van der Waals surface area (Å²) in [6, 6.07) is 12.2. The summed E-state index contributed by atoms with van der Waals surface area (Å²) in [7, 11) is -2.14. The van der Waals surface area contributed by atoms with Crippen LogP contribution in [0.2, 0.25) is 0 Å². The highest BCUT2D eigenvalue weighted by Gasteiger charge is 2.20. The predicted octanol–water partition coefficient (Wildman–Crippen LogP) is 3.30. The number of methoxy groups -OCH3 is 1. The third-order valence-electron chi connectivity index (χ3n) is 4.48. The van der Waals surface area contributed by atoms with Crippen molar-refractivity contribution in [3.05, 3.63) is 66.2 Å². The molecular weight excluding hydrogens is 430 g/mol. The molecule has 9 heteroatoms. The minimum atomic E-state index is -3.66. The smallest absolute Gasteiger partial charge is 0.260 e. The van der Waals surface area contributed by atoms with Crippen molar-refractivity contribution in [2.24, 2.45) is 5.10 Å². The van der Waals surface area contributed by atoms with Gasteiger partial charge in [0, 0.05) is 0 Å². The molecule has 0 aromatic heterocycles. The minimum absolute atomic E-state index is 0.314. The van der Waals surface area contributed by atoms with Crippen LogP contribution in [0.25, 0.3) is 0 Å². The lowest BCUT2D eigenvalue weighted by Crippen LogP contribution is -2.39. The summed E-state index contributed by atoms with van der Waals surface area (Å²) in [6.07, 6.45) is 4.12. The molecule has 2 aromatic carbocycles. The van der Waals surface area contributed by atoms with Crippen molar-refractivity contribution in [3.8, 4) is 11.5 Å². The Morgan fingerprint density at radius 2 is 1.88 bits per heavy atom. The highest BCUT2D eigenvalue weighted by Crippen LogP contribution is 2.27. The number of carbonyl (C=O) groups excluding carboxylic acids is 1. The second kappa shape index (κ2) is 11.3. The van der Waals surface area contributed by atoms with Crippen LogP contribution in [0.5, 0.6) is 11.5 Å². The van der Waals surface area contributed by atoms with Crippen LogP contribution in [0.4, 0.5) is 5.69 Å². The van der Waals surface area contributed by atoms with Crippen LogP contribution in [0.1, 0.15) is 30.9 Å². The van der Waals surface area contributed by atoms with Gasteiger partial charge in [0.15, 0.2) is 11.5 Å². The Morgan fingerprint density at radius 1 is 1.19 bits per heavy atom. The molecule has 1 amide bonds. The topological polar surface area (TPSA) is 97.3 Å². The lowest BCUT2D eigenvalue weighted by Gasteiger charge is -2.21. The van der Waals surface area contributed by atoms with Crippen LogP contribution in [0.3, 0.4) is 0 Å². The Morgan fingerprint density at radius 3 is 2.44 bits per heavy atom. The molecule has 0 bridgehead atoms. The lowest BCUT2D eigenvalue weighted by atomic mass is 10.0. The van der Waals surface area contributed by atoms with E-state index in [1.807, 2.05) is 26.0 Å². The van der Waals surface area contributed by atoms with Gasteiger partial charge in [0.1, 0.15) is 13.2 Å². The van der Waals surface area contributed by atoms with E-state index in [0.717, 1.165) is 16.1 Å². The fraction of sp³-hybridized carbons (Fsp3) is 0.304. The number of nitrogens with zero attached hydrogens (tertiary/aromatic N) is 2. The highest BCUT2D eigenvalue weighted by atomic mass is 32.2. The van der Waals surface area contributed by atoms with Gasteiger partial charge in [-0.25, -0.2) is 13.8 Å². The average Bonchev–Trinajstić information content (AvgIpc) is 2.75. The van der Waals surface area contributed by atoms with Gasteiger partial charge in [0.05, 0.1) is 25.3 Å². The summed E-state index contributed by atoms with van der Waals surface area (Å²) in [5, 5.41) is 3.92.